The number of nitrogens with zero attached hydrogens (tertiary/aromatic N) is 1. The molecule has 0 bridgehead atoms. The molecule has 0 amide bonds. The highest BCUT2D eigenvalue weighted by molar-refractivity contribution is 14.1. The summed E-state index contributed by atoms with van der Waals surface area (Å²) in [4.78, 5) is 4.13. The topological polar surface area (TPSA) is 12.9 Å². The molecular weight excluding hydrogens is 237 g/mol. The van der Waals surface area contributed by atoms with Gasteiger partial charge in [0.1, 0.15) is 3.70 Å². The van der Waals surface area contributed by atoms with Gasteiger partial charge in [-0.2, -0.15) is 0 Å². The fraction of sp³-hybridized carbons (Fsp3) is 0.125. The summed E-state index contributed by atoms with van der Waals surface area (Å²) >= 11 is 2.19. The van der Waals surface area contributed by atoms with E-state index in [1.807, 2.05) is 18.3 Å². The average molecular weight is 245 g/mol. The highest BCUT2D eigenvalue weighted by Crippen LogP contribution is 2.10. The molecule has 2 heteroatoms. The Morgan fingerprint density at radius 2 is 2.40 bits per heavy atom. The number of rotatable bonds is 1. The van der Waals surface area contributed by atoms with Crippen LogP contribution in [0.2, 0.25) is 0 Å². The summed E-state index contributed by atoms with van der Waals surface area (Å²) in [7, 11) is 0. The summed E-state index contributed by atoms with van der Waals surface area (Å²) in [5.41, 5.74) is 2.34. The molecule has 1 heterocycles. The van der Waals surface area contributed by atoms with Crippen LogP contribution in [0.25, 0.3) is 6.08 Å². The van der Waals surface area contributed by atoms with Gasteiger partial charge in [-0.15, -0.1) is 0 Å². The fourth-order valence-corrected chi connectivity index (χ4v) is 1.35. The van der Waals surface area contributed by atoms with Crippen LogP contribution in [0.4, 0.5) is 0 Å². The Balaban J connectivity index is 3.19. The summed E-state index contributed by atoms with van der Waals surface area (Å²) in [6.07, 6.45) is 3.66. The summed E-state index contributed by atoms with van der Waals surface area (Å²) in [5, 5.41) is 0. The SMILES string of the molecule is C=Cc1cnc(I)cc1C. The van der Waals surface area contributed by atoms with Crippen LogP contribution in [-0.2, 0) is 0 Å². The Labute approximate surface area is 74.3 Å². The number of hydrogen-bond donors (Lipinski definition) is 0. The molecule has 0 aliphatic rings. The second-order valence-corrected chi connectivity index (χ2v) is 3.17. The molecule has 0 radical (unpaired) electrons. The minimum atomic E-state index is 1.03. The van der Waals surface area contributed by atoms with Gasteiger partial charge < -0.3 is 0 Å². The lowest BCUT2D eigenvalue weighted by atomic mass is 10.2. The molecule has 0 N–H and O–H groups in total. The summed E-state index contributed by atoms with van der Waals surface area (Å²) in [6, 6.07) is 2.04. The van der Waals surface area contributed by atoms with Crippen molar-refractivity contribution in [2.24, 2.45) is 0 Å². The van der Waals surface area contributed by atoms with Crippen LogP contribution in [0.5, 0.6) is 0 Å². The molecule has 1 nitrogen and oxygen atoms in total. The van der Waals surface area contributed by atoms with Crippen molar-refractivity contribution < 1.29 is 0 Å². The third kappa shape index (κ3) is 1.56. The highest BCUT2D eigenvalue weighted by atomic mass is 127. The Kier molecular flexibility index (Phi) is 2.43. The van der Waals surface area contributed by atoms with E-state index >= 15 is 0 Å². The first-order valence-electron chi connectivity index (χ1n) is 2.98. The van der Waals surface area contributed by atoms with Crippen LogP contribution in [-0.4, -0.2) is 4.98 Å². The summed E-state index contributed by atoms with van der Waals surface area (Å²) in [6.45, 7) is 5.74. The normalized spacial score (nSPS) is 9.40. The molecule has 0 aliphatic heterocycles. The van der Waals surface area contributed by atoms with E-state index < -0.39 is 0 Å². The van der Waals surface area contributed by atoms with Gasteiger partial charge in [-0.1, -0.05) is 12.7 Å². The van der Waals surface area contributed by atoms with Gasteiger partial charge in [-0.3, -0.25) is 0 Å². The van der Waals surface area contributed by atoms with Gasteiger partial charge in [0.15, 0.2) is 0 Å². The van der Waals surface area contributed by atoms with E-state index in [9.17, 15) is 0 Å². The van der Waals surface area contributed by atoms with Crippen LogP contribution in [0.3, 0.4) is 0 Å². The molecule has 0 saturated heterocycles. The molecule has 0 aromatic carbocycles. The fourth-order valence-electron chi connectivity index (χ4n) is 0.746. The Bertz CT molecular complexity index is 255. The monoisotopic (exact) mass is 245 g/mol. The van der Waals surface area contributed by atoms with Crippen molar-refractivity contribution in [2.45, 2.75) is 6.92 Å². The van der Waals surface area contributed by atoms with Gasteiger partial charge in [0.25, 0.3) is 0 Å². The van der Waals surface area contributed by atoms with Crippen LogP contribution in [0.1, 0.15) is 11.1 Å². The molecule has 1 aromatic rings. The Morgan fingerprint density at radius 3 is 2.90 bits per heavy atom. The number of aromatic nitrogens is 1. The molecule has 1 rings (SSSR count). The molecule has 0 aliphatic carbocycles. The van der Waals surface area contributed by atoms with Crippen LogP contribution < -0.4 is 0 Å². The van der Waals surface area contributed by atoms with Crippen molar-refractivity contribution in [1.29, 1.82) is 0 Å². The smallest absolute Gasteiger partial charge is 0.101 e. The predicted molar refractivity (Wildman–Crippen MR) is 51.8 cm³/mol. The summed E-state index contributed by atoms with van der Waals surface area (Å²) < 4.78 is 1.03. The first-order valence-corrected chi connectivity index (χ1v) is 4.06. The maximum absolute atomic E-state index is 4.13. The van der Waals surface area contributed by atoms with E-state index in [2.05, 4.69) is 41.1 Å². The van der Waals surface area contributed by atoms with Crippen molar-refractivity contribution in [3.63, 3.8) is 0 Å². The Hall–Kier alpha value is -0.380. The third-order valence-electron chi connectivity index (χ3n) is 1.34. The lowest BCUT2D eigenvalue weighted by Gasteiger charge is -1.97. The average Bonchev–Trinajstić information content (AvgIpc) is 1.88. The van der Waals surface area contributed by atoms with E-state index in [4.69, 9.17) is 0 Å². The van der Waals surface area contributed by atoms with Crippen LogP contribution >= 0.6 is 22.6 Å². The van der Waals surface area contributed by atoms with Crippen LogP contribution in [0.15, 0.2) is 18.8 Å². The van der Waals surface area contributed by atoms with Crippen molar-refractivity contribution in [2.75, 3.05) is 0 Å². The van der Waals surface area contributed by atoms with Crippen molar-refractivity contribution >= 4 is 28.7 Å². The van der Waals surface area contributed by atoms with E-state index in [1.165, 1.54) is 5.56 Å². The second-order valence-electron chi connectivity index (χ2n) is 2.07. The maximum atomic E-state index is 4.13. The zero-order valence-electron chi connectivity index (χ0n) is 5.76. The third-order valence-corrected chi connectivity index (χ3v) is 1.93. The van der Waals surface area contributed by atoms with Gasteiger partial charge in [0.05, 0.1) is 0 Å². The first-order chi connectivity index (χ1) is 4.74. The standard InChI is InChI=1S/C8H8IN/c1-3-7-5-10-8(9)4-6(7)2/h3-5H,1H2,2H3. The number of hydrogen-bond acceptors (Lipinski definition) is 1. The van der Waals surface area contributed by atoms with Crippen molar-refractivity contribution in [1.82, 2.24) is 4.98 Å². The number of pyridine rings is 1. The molecule has 52 valence electrons. The van der Waals surface area contributed by atoms with Crippen molar-refractivity contribution in [3.05, 3.63) is 33.7 Å². The molecule has 0 fully saturated rings. The molecule has 0 atom stereocenters. The zero-order valence-corrected chi connectivity index (χ0v) is 7.92. The molecule has 0 saturated carbocycles. The largest absolute Gasteiger partial charge is 0.250 e. The zero-order chi connectivity index (χ0) is 7.56. The minimum absolute atomic E-state index is 1.03. The van der Waals surface area contributed by atoms with Gasteiger partial charge >= 0.3 is 0 Å². The van der Waals surface area contributed by atoms with Gasteiger partial charge in [-0.25, -0.2) is 4.98 Å². The van der Waals surface area contributed by atoms with E-state index in [0.717, 1.165) is 9.26 Å². The molecular formula is C8H8IN. The molecule has 10 heavy (non-hydrogen) atoms. The minimum Gasteiger partial charge on any atom is -0.250 e. The molecule has 0 unspecified atom stereocenters. The first kappa shape index (κ1) is 7.72. The lowest BCUT2D eigenvalue weighted by Crippen LogP contribution is -1.85. The van der Waals surface area contributed by atoms with Gasteiger partial charge in [0.2, 0.25) is 0 Å². The molecule has 1 aromatic heterocycles. The molecule has 0 spiro atoms. The maximum Gasteiger partial charge on any atom is 0.101 e. The number of halogens is 1. The second kappa shape index (κ2) is 3.14. The highest BCUT2D eigenvalue weighted by Gasteiger charge is 1.93. The number of aryl methyl sites for hydroxylation is 1. The van der Waals surface area contributed by atoms with Crippen molar-refractivity contribution in [3.8, 4) is 0 Å². The van der Waals surface area contributed by atoms with Crippen LogP contribution in [0, 0.1) is 10.6 Å². The predicted octanol–water partition coefficient (Wildman–Crippen LogP) is 2.64. The van der Waals surface area contributed by atoms with Gasteiger partial charge in [-0.05, 0) is 46.7 Å². The lowest BCUT2D eigenvalue weighted by molar-refractivity contribution is 1.22. The van der Waals surface area contributed by atoms with E-state index in [0.29, 0.717) is 0 Å². The Morgan fingerprint density at radius 1 is 1.70 bits per heavy atom. The summed E-state index contributed by atoms with van der Waals surface area (Å²) in [5.74, 6) is 0. The van der Waals surface area contributed by atoms with E-state index in [1.54, 1.807) is 0 Å². The van der Waals surface area contributed by atoms with Gasteiger partial charge in [0, 0.05) is 6.20 Å². The quantitative estimate of drug-likeness (QED) is 0.547. The van der Waals surface area contributed by atoms with E-state index in [-0.39, 0.29) is 0 Å².